The second kappa shape index (κ2) is 8.02. The minimum Gasteiger partial charge on any atom is -0.352 e. The SMILES string of the molecule is CCNCC(=O)NC1CCN(Cc2ccccc2)CC1. The van der Waals surface area contributed by atoms with Crippen molar-refractivity contribution in [2.75, 3.05) is 26.2 Å². The zero-order chi connectivity index (χ0) is 14.2. The lowest BCUT2D eigenvalue weighted by Crippen LogP contribution is -2.46. The first-order valence-electron chi connectivity index (χ1n) is 7.54. The van der Waals surface area contributed by atoms with Crippen LogP contribution < -0.4 is 10.6 Å². The van der Waals surface area contributed by atoms with Crippen molar-refractivity contribution in [3.63, 3.8) is 0 Å². The van der Waals surface area contributed by atoms with E-state index in [9.17, 15) is 4.79 Å². The molecule has 1 aromatic rings. The molecule has 0 aliphatic carbocycles. The molecule has 20 heavy (non-hydrogen) atoms. The molecule has 0 bridgehead atoms. The lowest BCUT2D eigenvalue weighted by molar-refractivity contribution is -0.121. The number of likely N-dealkylation sites (tertiary alicyclic amines) is 1. The van der Waals surface area contributed by atoms with Crippen LogP contribution in [0.15, 0.2) is 30.3 Å². The number of carbonyl (C=O) groups excluding carboxylic acids is 1. The van der Waals surface area contributed by atoms with E-state index < -0.39 is 0 Å². The molecule has 0 spiro atoms. The average Bonchev–Trinajstić information content (AvgIpc) is 2.48. The molecule has 1 aliphatic heterocycles. The third kappa shape index (κ3) is 4.94. The molecule has 1 amide bonds. The number of benzene rings is 1. The smallest absolute Gasteiger partial charge is 0.234 e. The zero-order valence-electron chi connectivity index (χ0n) is 12.3. The predicted octanol–water partition coefficient (Wildman–Crippen LogP) is 1.38. The van der Waals surface area contributed by atoms with Crippen LogP contribution in [0.1, 0.15) is 25.3 Å². The number of piperidine rings is 1. The maximum atomic E-state index is 11.7. The van der Waals surface area contributed by atoms with Gasteiger partial charge in [0.15, 0.2) is 0 Å². The first kappa shape index (κ1) is 15.0. The van der Waals surface area contributed by atoms with E-state index in [0.717, 1.165) is 39.0 Å². The molecule has 0 aromatic heterocycles. The van der Waals surface area contributed by atoms with Crippen molar-refractivity contribution in [3.8, 4) is 0 Å². The summed E-state index contributed by atoms with van der Waals surface area (Å²) in [6, 6.07) is 10.9. The summed E-state index contributed by atoms with van der Waals surface area (Å²) in [6.45, 7) is 6.40. The standard InChI is InChI=1S/C16H25N3O/c1-2-17-12-16(20)18-15-8-10-19(11-9-15)13-14-6-4-3-5-7-14/h3-7,15,17H,2,8-13H2,1H3,(H,18,20). The van der Waals surface area contributed by atoms with Crippen LogP contribution in [-0.4, -0.2) is 43.0 Å². The lowest BCUT2D eigenvalue weighted by atomic mass is 10.0. The molecule has 4 heteroatoms. The molecule has 1 aromatic carbocycles. The number of nitrogens with one attached hydrogen (secondary N) is 2. The summed E-state index contributed by atoms with van der Waals surface area (Å²) in [5.41, 5.74) is 1.36. The van der Waals surface area contributed by atoms with E-state index in [1.807, 2.05) is 6.92 Å². The Morgan fingerprint density at radius 3 is 2.60 bits per heavy atom. The van der Waals surface area contributed by atoms with Crippen LogP contribution in [0.25, 0.3) is 0 Å². The van der Waals surface area contributed by atoms with E-state index in [4.69, 9.17) is 0 Å². The number of likely N-dealkylation sites (N-methyl/N-ethyl adjacent to an activating group) is 1. The fourth-order valence-electron chi connectivity index (χ4n) is 2.59. The number of hydrogen-bond donors (Lipinski definition) is 2. The lowest BCUT2D eigenvalue weighted by Gasteiger charge is -2.32. The van der Waals surface area contributed by atoms with Crippen molar-refractivity contribution in [2.45, 2.75) is 32.4 Å². The molecule has 0 unspecified atom stereocenters. The van der Waals surface area contributed by atoms with Crippen LogP contribution in [0, 0.1) is 0 Å². The van der Waals surface area contributed by atoms with Gasteiger partial charge in [0.2, 0.25) is 5.91 Å². The molecule has 1 fully saturated rings. The number of rotatable bonds is 6. The van der Waals surface area contributed by atoms with Crippen molar-refractivity contribution in [1.82, 2.24) is 15.5 Å². The topological polar surface area (TPSA) is 44.4 Å². The van der Waals surface area contributed by atoms with Gasteiger partial charge >= 0.3 is 0 Å². The fraction of sp³-hybridized carbons (Fsp3) is 0.562. The molecule has 1 saturated heterocycles. The minimum atomic E-state index is 0.119. The van der Waals surface area contributed by atoms with Gasteiger partial charge in [-0.25, -0.2) is 0 Å². The molecular formula is C16H25N3O. The minimum absolute atomic E-state index is 0.119. The number of carbonyl (C=O) groups is 1. The Bertz CT molecular complexity index is 399. The molecular weight excluding hydrogens is 250 g/mol. The van der Waals surface area contributed by atoms with Crippen LogP contribution in [0.4, 0.5) is 0 Å². The normalized spacial score (nSPS) is 17.1. The van der Waals surface area contributed by atoms with E-state index in [1.54, 1.807) is 0 Å². The van der Waals surface area contributed by atoms with Gasteiger partial charge in [-0.1, -0.05) is 37.3 Å². The summed E-state index contributed by atoms with van der Waals surface area (Å²) >= 11 is 0. The first-order valence-corrected chi connectivity index (χ1v) is 7.54. The first-order chi connectivity index (χ1) is 9.78. The highest BCUT2D eigenvalue weighted by molar-refractivity contribution is 5.78. The summed E-state index contributed by atoms with van der Waals surface area (Å²) in [5, 5.41) is 6.17. The zero-order valence-corrected chi connectivity index (χ0v) is 12.3. The number of amides is 1. The van der Waals surface area contributed by atoms with Gasteiger partial charge in [-0.05, 0) is 24.9 Å². The van der Waals surface area contributed by atoms with Gasteiger partial charge in [-0.15, -0.1) is 0 Å². The Labute approximate surface area is 121 Å². The molecule has 4 nitrogen and oxygen atoms in total. The largest absolute Gasteiger partial charge is 0.352 e. The van der Waals surface area contributed by atoms with Gasteiger partial charge in [0, 0.05) is 25.7 Å². The van der Waals surface area contributed by atoms with E-state index in [0.29, 0.717) is 12.6 Å². The van der Waals surface area contributed by atoms with Gasteiger partial charge in [-0.2, -0.15) is 0 Å². The summed E-state index contributed by atoms with van der Waals surface area (Å²) < 4.78 is 0. The Morgan fingerprint density at radius 2 is 1.95 bits per heavy atom. The van der Waals surface area contributed by atoms with Gasteiger partial charge in [0.1, 0.15) is 0 Å². The molecule has 2 N–H and O–H groups in total. The van der Waals surface area contributed by atoms with Crippen LogP contribution in [0.2, 0.25) is 0 Å². The Hall–Kier alpha value is -1.39. The monoisotopic (exact) mass is 275 g/mol. The highest BCUT2D eigenvalue weighted by atomic mass is 16.1. The van der Waals surface area contributed by atoms with E-state index >= 15 is 0 Å². The molecule has 1 heterocycles. The van der Waals surface area contributed by atoms with Gasteiger partial charge in [-0.3, -0.25) is 9.69 Å². The quantitative estimate of drug-likeness (QED) is 0.824. The number of nitrogens with zero attached hydrogens (tertiary/aromatic N) is 1. The van der Waals surface area contributed by atoms with Gasteiger partial charge in [0.25, 0.3) is 0 Å². The molecule has 1 aliphatic rings. The fourth-order valence-corrected chi connectivity index (χ4v) is 2.59. The van der Waals surface area contributed by atoms with Crippen molar-refractivity contribution in [2.24, 2.45) is 0 Å². The third-order valence-electron chi connectivity index (χ3n) is 3.74. The van der Waals surface area contributed by atoms with E-state index in [1.165, 1.54) is 5.56 Å². The predicted molar refractivity (Wildman–Crippen MR) is 81.4 cm³/mol. The Balaban J connectivity index is 1.68. The van der Waals surface area contributed by atoms with Crippen molar-refractivity contribution >= 4 is 5.91 Å². The van der Waals surface area contributed by atoms with E-state index in [-0.39, 0.29) is 5.91 Å². The van der Waals surface area contributed by atoms with Crippen molar-refractivity contribution < 1.29 is 4.79 Å². The number of hydrogen-bond acceptors (Lipinski definition) is 3. The summed E-state index contributed by atoms with van der Waals surface area (Å²) in [5.74, 6) is 0.119. The summed E-state index contributed by atoms with van der Waals surface area (Å²) in [6.07, 6.45) is 2.09. The second-order valence-corrected chi connectivity index (χ2v) is 5.38. The van der Waals surface area contributed by atoms with Gasteiger partial charge in [0.05, 0.1) is 6.54 Å². The van der Waals surface area contributed by atoms with Crippen LogP contribution in [-0.2, 0) is 11.3 Å². The molecule has 0 saturated carbocycles. The highest BCUT2D eigenvalue weighted by Gasteiger charge is 2.20. The highest BCUT2D eigenvalue weighted by Crippen LogP contribution is 2.13. The van der Waals surface area contributed by atoms with E-state index in [2.05, 4.69) is 45.9 Å². The summed E-state index contributed by atoms with van der Waals surface area (Å²) in [7, 11) is 0. The molecule has 0 atom stereocenters. The Kier molecular flexibility index (Phi) is 6.02. The third-order valence-corrected chi connectivity index (χ3v) is 3.74. The van der Waals surface area contributed by atoms with Crippen molar-refractivity contribution in [3.05, 3.63) is 35.9 Å². The maximum absolute atomic E-state index is 11.7. The van der Waals surface area contributed by atoms with Gasteiger partial charge < -0.3 is 10.6 Å². The Morgan fingerprint density at radius 1 is 1.25 bits per heavy atom. The molecule has 110 valence electrons. The van der Waals surface area contributed by atoms with Crippen LogP contribution >= 0.6 is 0 Å². The van der Waals surface area contributed by atoms with Crippen LogP contribution in [0.3, 0.4) is 0 Å². The average molecular weight is 275 g/mol. The van der Waals surface area contributed by atoms with Crippen LogP contribution in [0.5, 0.6) is 0 Å². The molecule has 2 rings (SSSR count). The maximum Gasteiger partial charge on any atom is 0.234 e. The summed E-state index contributed by atoms with van der Waals surface area (Å²) in [4.78, 5) is 14.1. The second-order valence-electron chi connectivity index (χ2n) is 5.38. The molecule has 0 radical (unpaired) electrons. The van der Waals surface area contributed by atoms with Crippen molar-refractivity contribution in [1.29, 1.82) is 0 Å².